The van der Waals surface area contributed by atoms with Crippen molar-refractivity contribution in [3.05, 3.63) is 40.0 Å². The zero-order chi connectivity index (χ0) is 14.9. The molecule has 0 saturated heterocycles. The fourth-order valence-electron chi connectivity index (χ4n) is 2.46. The molecule has 106 valence electrons. The van der Waals surface area contributed by atoms with Gasteiger partial charge in [-0.2, -0.15) is 0 Å². The molecule has 0 amide bonds. The van der Waals surface area contributed by atoms with E-state index in [9.17, 15) is 0 Å². The number of nitrogens with zero attached hydrogens (tertiary/aromatic N) is 2. The maximum atomic E-state index is 6.01. The maximum absolute atomic E-state index is 6.01. The molecular weight excluding hydrogens is 270 g/mol. The number of nitrogens with one attached hydrogen (secondary N) is 1. The van der Waals surface area contributed by atoms with Gasteiger partial charge < -0.3 is 5.32 Å². The van der Waals surface area contributed by atoms with Gasteiger partial charge in [-0.25, -0.2) is 9.97 Å². The molecule has 1 heterocycles. The van der Waals surface area contributed by atoms with Gasteiger partial charge in [-0.3, -0.25) is 0 Å². The number of hydrogen-bond donors (Lipinski definition) is 1. The van der Waals surface area contributed by atoms with Crippen molar-refractivity contribution in [3.8, 4) is 11.4 Å². The van der Waals surface area contributed by atoms with Crippen molar-refractivity contribution < 1.29 is 0 Å². The molecule has 2 rings (SSSR count). The second-order valence-electron chi connectivity index (χ2n) is 5.26. The van der Waals surface area contributed by atoms with E-state index >= 15 is 0 Å². The Bertz CT molecular complexity index is 636. The number of aromatic nitrogens is 2. The molecule has 0 atom stereocenters. The number of aryl methyl sites for hydroxylation is 2. The quantitative estimate of drug-likeness (QED) is 0.899. The van der Waals surface area contributed by atoms with E-state index in [2.05, 4.69) is 29.1 Å². The van der Waals surface area contributed by atoms with Gasteiger partial charge in [0, 0.05) is 28.9 Å². The van der Waals surface area contributed by atoms with Crippen LogP contribution in [0, 0.1) is 13.8 Å². The summed E-state index contributed by atoms with van der Waals surface area (Å²) in [5.41, 5.74) is 4.28. The molecule has 0 aliphatic rings. The van der Waals surface area contributed by atoms with Gasteiger partial charge in [-0.1, -0.05) is 25.4 Å². The lowest BCUT2D eigenvalue weighted by molar-refractivity contribution is 0.833. The van der Waals surface area contributed by atoms with Crippen molar-refractivity contribution in [1.82, 2.24) is 9.97 Å². The molecule has 0 aliphatic carbocycles. The van der Waals surface area contributed by atoms with Crippen LogP contribution in [-0.4, -0.2) is 17.0 Å². The van der Waals surface area contributed by atoms with Gasteiger partial charge in [0.05, 0.1) is 0 Å². The van der Waals surface area contributed by atoms with Crippen molar-refractivity contribution >= 4 is 17.4 Å². The van der Waals surface area contributed by atoms with Crippen molar-refractivity contribution in [2.75, 3.05) is 12.4 Å². The minimum absolute atomic E-state index is 0.387. The second-order valence-corrected chi connectivity index (χ2v) is 5.70. The molecular formula is C16H20ClN3. The summed E-state index contributed by atoms with van der Waals surface area (Å²) in [6, 6.07) is 5.78. The van der Waals surface area contributed by atoms with Crippen LogP contribution in [0.15, 0.2) is 18.2 Å². The minimum Gasteiger partial charge on any atom is -0.373 e. The highest BCUT2D eigenvalue weighted by Gasteiger charge is 2.15. The lowest BCUT2D eigenvalue weighted by Gasteiger charge is -2.16. The Kier molecular flexibility index (Phi) is 4.29. The summed E-state index contributed by atoms with van der Waals surface area (Å²) in [6.07, 6.45) is 0. The maximum Gasteiger partial charge on any atom is 0.162 e. The summed E-state index contributed by atoms with van der Waals surface area (Å²) in [4.78, 5) is 9.34. The Morgan fingerprint density at radius 3 is 2.40 bits per heavy atom. The van der Waals surface area contributed by atoms with Crippen LogP contribution in [0.25, 0.3) is 11.4 Å². The zero-order valence-corrected chi connectivity index (χ0v) is 13.3. The molecule has 20 heavy (non-hydrogen) atoms. The predicted molar refractivity (Wildman–Crippen MR) is 85.6 cm³/mol. The van der Waals surface area contributed by atoms with Gasteiger partial charge >= 0.3 is 0 Å². The van der Waals surface area contributed by atoms with E-state index in [0.29, 0.717) is 5.92 Å². The molecule has 0 bridgehead atoms. The monoisotopic (exact) mass is 289 g/mol. The normalized spacial score (nSPS) is 10.9. The van der Waals surface area contributed by atoms with E-state index < -0.39 is 0 Å². The summed E-state index contributed by atoms with van der Waals surface area (Å²) in [6.45, 7) is 8.36. The van der Waals surface area contributed by atoms with E-state index in [0.717, 1.165) is 33.5 Å². The van der Waals surface area contributed by atoms with Crippen LogP contribution in [0.4, 0.5) is 5.82 Å². The molecule has 1 N–H and O–H groups in total. The third-order valence-corrected chi connectivity index (χ3v) is 3.61. The van der Waals surface area contributed by atoms with Crippen LogP contribution >= 0.6 is 11.6 Å². The van der Waals surface area contributed by atoms with E-state index in [1.807, 2.05) is 39.1 Å². The first-order valence-electron chi connectivity index (χ1n) is 6.76. The van der Waals surface area contributed by atoms with Crippen molar-refractivity contribution in [3.63, 3.8) is 0 Å². The number of halogens is 1. The summed E-state index contributed by atoms with van der Waals surface area (Å²) in [7, 11) is 1.89. The van der Waals surface area contributed by atoms with E-state index in [4.69, 9.17) is 11.6 Å². The highest BCUT2D eigenvalue weighted by Crippen LogP contribution is 2.29. The Labute approximate surface area is 125 Å². The SMILES string of the molecule is CNc1nc(-c2ccc(Cl)cc2C)nc(C)c1C(C)C. The standard InChI is InChI=1S/C16H20ClN3/c1-9(2)14-11(4)19-15(20-16(14)18-5)13-7-6-12(17)8-10(13)3/h6-9H,1-5H3,(H,18,19,20). The molecule has 2 aromatic rings. The van der Waals surface area contributed by atoms with E-state index in [1.165, 1.54) is 5.56 Å². The Morgan fingerprint density at radius 2 is 1.85 bits per heavy atom. The van der Waals surface area contributed by atoms with Gasteiger partial charge in [-0.15, -0.1) is 0 Å². The van der Waals surface area contributed by atoms with Crippen molar-refractivity contribution in [2.45, 2.75) is 33.6 Å². The molecule has 1 aromatic heterocycles. The molecule has 0 fully saturated rings. The number of anilines is 1. The number of rotatable bonds is 3. The Balaban J connectivity index is 2.61. The number of benzene rings is 1. The molecule has 3 nitrogen and oxygen atoms in total. The van der Waals surface area contributed by atoms with Gasteiger partial charge in [0.15, 0.2) is 5.82 Å². The fourth-order valence-corrected chi connectivity index (χ4v) is 2.69. The lowest BCUT2D eigenvalue weighted by atomic mass is 10.0. The summed E-state index contributed by atoms with van der Waals surface area (Å²) in [5, 5.41) is 3.91. The van der Waals surface area contributed by atoms with E-state index in [1.54, 1.807) is 0 Å². The first kappa shape index (κ1) is 14.8. The second kappa shape index (κ2) is 5.80. The smallest absolute Gasteiger partial charge is 0.162 e. The molecule has 0 spiro atoms. The summed E-state index contributed by atoms with van der Waals surface area (Å²) < 4.78 is 0. The van der Waals surface area contributed by atoms with Crippen LogP contribution in [0.1, 0.15) is 36.6 Å². The minimum atomic E-state index is 0.387. The predicted octanol–water partition coefficient (Wildman–Crippen LogP) is 4.58. The largest absolute Gasteiger partial charge is 0.373 e. The molecule has 0 radical (unpaired) electrons. The third kappa shape index (κ3) is 2.78. The van der Waals surface area contributed by atoms with Gasteiger partial charge in [-0.05, 0) is 43.5 Å². The average molecular weight is 290 g/mol. The van der Waals surface area contributed by atoms with Gasteiger partial charge in [0.25, 0.3) is 0 Å². The molecule has 0 aliphatic heterocycles. The third-order valence-electron chi connectivity index (χ3n) is 3.38. The van der Waals surface area contributed by atoms with Crippen LogP contribution in [-0.2, 0) is 0 Å². The van der Waals surface area contributed by atoms with Crippen molar-refractivity contribution in [2.24, 2.45) is 0 Å². The van der Waals surface area contributed by atoms with Crippen LogP contribution in [0.3, 0.4) is 0 Å². The lowest BCUT2D eigenvalue weighted by Crippen LogP contribution is -2.07. The van der Waals surface area contributed by atoms with Crippen LogP contribution in [0.5, 0.6) is 0 Å². The molecule has 1 aromatic carbocycles. The summed E-state index contributed by atoms with van der Waals surface area (Å²) >= 11 is 6.01. The summed E-state index contributed by atoms with van der Waals surface area (Å²) in [5.74, 6) is 2.03. The first-order chi connectivity index (χ1) is 9.43. The molecule has 0 unspecified atom stereocenters. The van der Waals surface area contributed by atoms with Crippen LogP contribution < -0.4 is 5.32 Å². The Morgan fingerprint density at radius 1 is 1.15 bits per heavy atom. The Hall–Kier alpha value is -1.61. The highest BCUT2D eigenvalue weighted by atomic mass is 35.5. The van der Waals surface area contributed by atoms with Gasteiger partial charge in [0.1, 0.15) is 5.82 Å². The zero-order valence-electron chi connectivity index (χ0n) is 12.6. The van der Waals surface area contributed by atoms with Gasteiger partial charge in [0.2, 0.25) is 0 Å². The fraction of sp³-hybridized carbons (Fsp3) is 0.375. The highest BCUT2D eigenvalue weighted by molar-refractivity contribution is 6.30. The topological polar surface area (TPSA) is 37.8 Å². The van der Waals surface area contributed by atoms with E-state index in [-0.39, 0.29) is 0 Å². The van der Waals surface area contributed by atoms with Crippen molar-refractivity contribution in [1.29, 1.82) is 0 Å². The molecule has 0 saturated carbocycles. The average Bonchev–Trinajstić information content (AvgIpc) is 2.37. The van der Waals surface area contributed by atoms with Crippen LogP contribution in [0.2, 0.25) is 5.02 Å². The first-order valence-corrected chi connectivity index (χ1v) is 7.14. The number of hydrogen-bond acceptors (Lipinski definition) is 3. The molecule has 4 heteroatoms.